The Balaban J connectivity index is 1.96. The van der Waals surface area contributed by atoms with E-state index in [1.165, 1.54) is 0 Å². The Labute approximate surface area is 94.9 Å². The molecule has 2 aliphatic heterocycles. The van der Waals surface area contributed by atoms with E-state index in [1.54, 1.807) is 0 Å². The van der Waals surface area contributed by atoms with E-state index in [-0.39, 0.29) is 19.1 Å². The van der Waals surface area contributed by atoms with E-state index >= 15 is 0 Å². The summed E-state index contributed by atoms with van der Waals surface area (Å²) < 4.78 is 45.3. The van der Waals surface area contributed by atoms with Crippen LogP contribution in [-0.4, -0.2) is 48.3 Å². The Hall–Kier alpha value is -0.860. The summed E-state index contributed by atoms with van der Waals surface area (Å²) in [6, 6.07) is -0.701. The fourth-order valence-corrected chi connectivity index (χ4v) is 2.08. The number of alkyl halides is 3. The van der Waals surface area contributed by atoms with Crippen molar-refractivity contribution in [1.82, 2.24) is 5.32 Å². The number of aliphatic hydroxyl groups excluding tert-OH is 1. The van der Waals surface area contributed by atoms with E-state index in [2.05, 4.69) is 10.1 Å². The predicted octanol–water partition coefficient (Wildman–Crippen LogP) is -0.0703. The lowest BCUT2D eigenvalue weighted by Gasteiger charge is -2.42. The van der Waals surface area contributed by atoms with Gasteiger partial charge in [0.25, 0.3) is 0 Å². The molecule has 0 amide bonds. The highest BCUT2D eigenvalue weighted by atomic mass is 19.4. The number of carbonyl (C=O) groups is 1. The molecule has 98 valence electrons. The van der Waals surface area contributed by atoms with Crippen LogP contribution in [0.25, 0.3) is 0 Å². The number of ether oxygens (including phenoxy) is 2. The molecule has 0 radical (unpaired) electrons. The number of fused-ring (bicyclic) bond motifs is 2. The van der Waals surface area contributed by atoms with Crippen molar-refractivity contribution >= 4 is 5.97 Å². The zero-order valence-electron chi connectivity index (χ0n) is 8.74. The van der Waals surface area contributed by atoms with Crippen molar-refractivity contribution < 1.29 is 32.5 Å². The second kappa shape index (κ2) is 4.43. The van der Waals surface area contributed by atoms with Crippen LogP contribution in [0.2, 0.25) is 0 Å². The number of esters is 1. The Morgan fingerprint density at radius 2 is 2.12 bits per heavy atom. The molecule has 2 fully saturated rings. The number of morpholine rings is 1. The van der Waals surface area contributed by atoms with E-state index in [9.17, 15) is 23.1 Å². The first kappa shape index (κ1) is 12.6. The Kier molecular flexibility index (Phi) is 3.28. The van der Waals surface area contributed by atoms with Crippen LogP contribution in [0, 0.1) is 0 Å². The molecule has 8 heteroatoms. The standard InChI is InChI=1S/C9H12F3NO4/c10-9(11,12)8(15)17-7-6-2-5(14)1-4(13-6)3-16-7/h4-7,13-14H,1-3H2. The summed E-state index contributed by atoms with van der Waals surface area (Å²) in [5.41, 5.74) is 0. The third-order valence-electron chi connectivity index (χ3n) is 2.78. The summed E-state index contributed by atoms with van der Waals surface area (Å²) in [6.45, 7) is 0.114. The first-order chi connectivity index (χ1) is 7.86. The quantitative estimate of drug-likeness (QED) is 0.642. The van der Waals surface area contributed by atoms with Crippen molar-refractivity contribution in [2.75, 3.05) is 6.61 Å². The van der Waals surface area contributed by atoms with Gasteiger partial charge in [-0.3, -0.25) is 0 Å². The summed E-state index contributed by atoms with van der Waals surface area (Å²) >= 11 is 0. The highest BCUT2D eigenvalue weighted by Crippen LogP contribution is 2.25. The smallest absolute Gasteiger partial charge is 0.427 e. The monoisotopic (exact) mass is 255 g/mol. The number of nitrogens with one attached hydrogen (secondary N) is 1. The molecule has 4 atom stereocenters. The summed E-state index contributed by atoms with van der Waals surface area (Å²) in [5, 5.41) is 12.4. The van der Waals surface area contributed by atoms with Crippen molar-refractivity contribution in [3.8, 4) is 0 Å². The van der Waals surface area contributed by atoms with Gasteiger partial charge < -0.3 is 19.9 Å². The number of aliphatic hydroxyl groups is 1. The largest absolute Gasteiger partial charge is 0.491 e. The molecule has 0 spiro atoms. The molecule has 17 heavy (non-hydrogen) atoms. The Bertz CT molecular complexity index is 307. The second-order valence-corrected chi connectivity index (χ2v) is 4.20. The van der Waals surface area contributed by atoms with E-state index in [0.29, 0.717) is 6.42 Å². The van der Waals surface area contributed by atoms with E-state index in [1.807, 2.05) is 0 Å². The van der Waals surface area contributed by atoms with E-state index in [4.69, 9.17) is 4.74 Å². The fraction of sp³-hybridized carbons (Fsp3) is 0.889. The molecule has 4 unspecified atom stereocenters. The molecule has 5 nitrogen and oxygen atoms in total. The van der Waals surface area contributed by atoms with Crippen molar-refractivity contribution in [3.63, 3.8) is 0 Å². The van der Waals surface area contributed by atoms with Crippen molar-refractivity contribution in [2.24, 2.45) is 0 Å². The molecular formula is C9H12F3NO4. The highest BCUT2D eigenvalue weighted by Gasteiger charge is 2.46. The van der Waals surface area contributed by atoms with Gasteiger partial charge in [0.15, 0.2) is 0 Å². The summed E-state index contributed by atoms with van der Waals surface area (Å²) in [5.74, 6) is -2.28. The molecule has 2 heterocycles. The molecule has 2 aliphatic rings. The first-order valence-corrected chi connectivity index (χ1v) is 5.20. The van der Waals surface area contributed by atoms with Crippen molar-refractivity contribution in [3.05, 3.63) is 0 Å². The average molecular weight is 255 g/mol. The van der Waals surface area contributed by atoms with E-state index in [0.717, 1.165) is 0 Å². The molecule has 0 aromatic carbocycles. The van der Waals surface area contributed by atoms with Crippen molar-refractivity contribution in [2.45, 2.75) is 43.5 Å². The van der Waals surface area contributed by atoms with Gasteiger partial charge >= 0.3 is 12.1 Å². The van der Waals surface area contributed by atoms with Crippen LogP contribution in [0.5, 0.6) is 0 Å². The molecule has 2 N–H and O–H groups in total. The molecular weight excluding hydrogens is 243 g/mol. The number of carbonyl (C=O) groups excluding carboxylic acids is 1. The van der Waals surface area contributed by atoms with Crippen LogP contribution in [-0.2, 0) is 14.3 Å². The predicted molar refractivity (Wildman–Crippen MR) is 47.8 cm³/mol. The number of hydrogen-bond donors (Lipinski definition) is 2. The average Bonchev–Trinajstić information content (AvgIpc) is 2.20. The Morgan fingerprint density at radius 3 is 2.76 bits per heavy atom. The van der Waals surface area contributed by atoms with Crippen molar-refractivity contribution in [1.29, 1.82) is 0 Å². The number of halogens is 3. The maximum Gasteiger partial charge on any atom is 0.491 e. The van der Waals surface area contributed by atoms with Crippen LogP contribution in [0.1, 0.15) is 12.8 Å². The SMILES string of the molecule is O=C(OC1OCC2CC(O)CC1N2)C(F)(F)F. The third-order valence-corrected chi connectivity index (χ3v) is 2.78. The number of piperidine rings is 1. The lowest BCUT2D eigenvalue weighted by molar-refractivity contribution is -0.242. The molecule has 2 saturated heterocycles. The van der Waals surface area contributed by atoms with E-state index < -0.39 is 30.6 Å². The van der Waals surface area contributed by atoms with Crippen LogP contribution in [0.15, 0.2) is 0 Å². The summed E-state index contributed by atoms with van der Waals surface area (Å²) in [7, 11) is 0. The molecule has 0 aliphatic carbocycles. The van der Waals surface area contributed by atoms with Gasteiger partial charge in [-0.15, -0.1) is 0 Å². The third kappa shape index (κ3) is 2.88. The molecule has 2 rings (SSSR count). The van der Waals surface area contributed by atoms with Gasteiger partial charge in [0.1, 0.15) is 0 Å². The summed E-state index contributed by atoms with van der Waals surface area (Å²) in [4.78, 5) is 10.7. The lowest BCUT2D eigenvalue weighted by atomic mass is 9.94. The minimum Gasteiger partial charge on any atom is -0.427 e. The second-order valence-electron chi connectivity index (χ2n) is 4.20. The van der Waals surface area contributed by atoms with Crippen LogP contribution >= 0.6 is 0 Å². The van der Waals surface area contributed by atoms with Gasteiger partial charge in [-0.05, 0) is 12.8 Å². The zero-order chi connectivity index (χ0) is 12.6. The van der Waals surface area contributed by atoms with Crippen LogP contribution in [0.4, 0.5) is 13.2 Å². The minimum atomic E-state index is -5.03. The Morgan fingerprint density at radius 1 is 1.41 bits per heavy atom. The fourth-order valence-electron chi connectivity index (χ4n) is 2.08. The normalized spacial score (nSPS) is 37.6. The summed E-state index contributed by atoms with van der Waals surface area (Å²) in [6.07, 6.45) is -6.26. The first-order valence-electron chi connectivity index (χ1n) is 5.20. The van der Waals surface area contributed by atoms with Crippen LogP contribution < -0.4 is 5.32 Å². The van der Waals surface area contributed by atoms with Gasteiger partial charge in [0.05, 0.1) is 18.8 Å². The van der Waals surface area contributed by atoms with Gasteiger partial charge in [-0.2, -0.15) is 13.2 Å². The number of rotatable bonds is 1. The maximum absolute atomic E-state index is 12.0. The minimum absolute atomic E-state index is 0.107. The topological polar surface area (TPSA) is 67.8 Å². The lowest BCUT2D eigenvalue weighted by Crippen LogP contribution is -2.61. The molecule has 0 saturated carbocycles. The van der Waals surface area contributed by atoms with Gasteiger partial charge in [-0.25, -0.2) is 4.79 Å². The number of hydrogen-bond acceptors (Lipinski definition) is 5. The van der Waals surface area contributed by atoms with Gasteiger partial charge in [0, 0.05) is 6.04 Å². The molecule has 0 aromatic heterocycles. The molecule has 2 bridgehead atoms. The maximum atomic E-state index is 12.0. The van der Waals surface area contributed by atoms with Gasteiger partial charge in [-0.1, -0.05) is 0 Å². The zero-order valence-corrected chi connectivity index (χ0v) is 8.74. The molecule has 0 aromatic rings. The van der Waals surface area contributed by atoms with Gasteiger partial charge in [0.2, 0.25) is 6.29 Å². The highest BCUT2D eigenvalue weighted by molar-refractivity contribution is 5.75. The van der Waals surface area contributed by atoms with Crippen LogP contribution in [0.3, 0.4) is 0 Å².